The van der Waals surface area contributed by atoms with Gasteiger partial charge in [0.1, 0.15) is 10.6 Å². The molecule has 2 aliphatic heterocycles. The molecule has 1 atom stereocenters. The maximum absolute atomic E-state index is 12.5. The summed E-state index contributed by atoms with van der Waals surface area (Å²) in [5.41, 5.74) is 2.17. The average Bonchev–Trinajstić information content (AvgIpc) is 2.72. The Morgan fingerprint density at radius 2 is 2.00 bits per heavy atom. The average molecular weight is 334 g/mol. The molecule has 6 heteroatoms. The third-order valence-corrected chi connectivity index (χ3v) is 7.04. The number of carbonyl (C=O) groups is 2. The Morgan fingerprint density at radius 3 is 2.57 bits per heavy atom. The molecule has 0 aliphatic carbocycles. The number of nitrogens with zero attached hydrogens (tertiary/aromatic N) is 2. The Bertz CT molecular complexity index is 666. The van der Waals surface area contributed by atoms with E-state index >= 15 is 0 Å². The van der Waals surface area contributed by atoms with Gasteiger partial charge in [-0.1, -0.05) is 29.8 Å². The molecular weight excluding hydrogens is 312 g/mol. The van der Waals surface area contributed by atoms with Crippen molar-refractivity contribution in [3.05, 3.63) is 35.4 Å². The zero-order chi connectivity index (χ0) is 16.6. The molecule has 23 heavy (non-hydrogen) atoms. The monoisotopic (exact) mass is 334 g/mol. The third-order valence-electron chi connectivity index (χ3n) is 5.00. The van der Waals surface area contributed by atoms with Crippen LogP contribution in [0.5, 0.6) is 0 Å². The first-order valence-corrected chi connectivity index (χ1v) is 9.23. The number of rotatable bonds is 2. The normalized spacial score (nSPS) is 23.6. The van der Waals surface area contributed by atoms with Crippen molar-refractivity contribution < 1.29 is 13.8 Å². The van der Waals surface area contributed by atoms with Gasteiger partial charge >= 0.3 is 0 Å². The van der Waals surface area contributed by atoms with Crippen molar-refractivity contribution in [2.24, 2.45) is 0 Å². The van der Waals surface area contributed by atoms with Gasteiger partial charge in [0, 0.05) is 33.0 Å². The van der Waals surface area contributed by atoms with Gasteiger partial charge in [-0.15, -0.1) is 0 Å². The molecule has 2 amide bonds. The first-order chi connectivity index (χ1) is 10.9. The summed E-state index contributed by atoms with van der Waals surface area (Å²) in [6.45, 7) is 3.14. The third kappa shape index (κ3) is 2.92. The molecule has 1 aromatic carbocycles. The number of likely N-dealkylation sites (tertiary alicyclic amines) is 1. The van der Waals surface area contributed by atoms with E-state index in [1.54, 1.807) is 11.9 Å². The van der Waals surface area contributed by atoms with Gasteiger partial charge < -0.3 is 9.80 Å². The molecule has 1 unspecified atom stereocenters. The van der Waals surface area contributed by atoms with Crippen molar-refractivity contribution >= 4 is 22.6 Å². The van der Waals surface area contributed by atoms with Crippen LogP contribution in [0.15, 0.2) is 24.3 Å². The SMILES string of the molecule is Cc1cccc(CC(=O)N2CCC3(CC2)N(C)C(=O)CS3=O)c1. The zero-order valence-electron chi connectivity index (χ0n) is 13.6. The lowest BCUT2D eigenvalue weighted by Crippen LogP contribution is -2.54. The van der Waals surface area contributed by atoms with E-state index in [4.69, 9.17) is 0 Å². The van der Waals surface area contributed by atoms with E-state index in [0.29, 0.717) is 32.4 Å². The highest BCUT2D eigenvalue weighted by atomic mass is 32.2. The summed E-state index contributed by atoms with van der Waals surface area (Å²) in [7, 11) is 0.575. The molecule has 0 radical (unpaired) electrons. The van der Waals surface area contributed by atoms with Crippen LogP contribution in [0.2, 0.25) is 0 Å². The van der Waals surface area contributed by atoms with Gasteiger partial charge in [-0.3, -0.25) is 13.8 Å². The minimum atomic E-state index is -1.16. The Balaban J connectivity index is 1.64. The lowest BCUT2D eigenvalue weighted by atomic mass is 10.0. The fraction of sp³-hybridized carbons (Fsp3) is 0.529. The molecule has 2 saturated heterocycles. The van der Waals surface area contributed by atoms with Crippen LogP contribution in [-0.2, 0) is 26.8 Å². The molecule has 0 N–H and O–H groups in total. The number of benzene rings is 1. The Morgan fingerprint density at radius 1 is 1.30 bits per heavy atom. The van der Waals surface area contributed by atoms with E-state index in [1.807, 2.05) is 36.1 Å². The Kier molecular flexibility index (Phi) is 4.27. The summed E-state index contributed by atoms with van der Waals surface area (Å²) in [4.78, 5) is 27.2. The van der Waals surface area contributed by atoms with Gasteiger partial charge in [0.15, 0.2) is 0 Å². The van der Waals surface area contributed by atoms with Crippen LogP contribution >= 0.6 is 0 Å². The summed E-state index contributed by atoms with van der Waals surface area (Å²) in [6, 6.07) is 7.98. The van der Waals surface area contributed by atoms with Gasteiger partial charge in [0.25, 0.3) is 0 Å². The molecule has 124 valence electrons. The van der Waals surface area contributed by atoms with Gasteiger partial charge in [-0.05, 0) is 12.5 Å². The number of piperidine rings is 1. The van der Waals surface area contributed by atoms with E-state index in [9.17, 15) is 13.8 Å². The van der Waals surface area contributed by atoms with Crippen LogP contribution in [-0.4, -0.2) is 56.6 Å². The van der Waals surface area contributed by atoms with Crippen molar-refractivity contribution in [2.45, 2.75) is 31.1 Å². The number of amides is 2. The Labute approximate surface area is 139 Å². The topological polar surface area (TPSA) is 57.7 Å². The quantitative estimate of drug-likeness (QED) is 0.813. The molecule has 1 spiro atoms. The summed E-state index contributed by atoms with van der Waals surface area (Å²) in [6.07, 6.45) is 1.59. The standard InChI is InChI=1S/C17H22N2O3S/c1-13-4-3-5-14(10-13)11-15(20)19-8-6-17(7-9-19)18(2)16(21)12-23(17)22/h3-5,10H,6-9,11-12H2,1-2H3. The second kappa shape index (κ2) is 6.07. The number of hydrogen-bond acceptors (Lipinski definition) is 3. The van der Waals surface area contributed by atoms with Crippen LogP contribution in [0.25, 0.3) is 0 Å². The van der Waals surface area contributed by atoms with Gasteiger partial charge in [-0.2, -0.15) is 0 Å². The summed E-state index contributed by atoms with van der Waals surface area (Å²) < 4.78 is 12.3. The zero-order valence-corrected chi connectivity index (χ0v) is 14.4. The first-order valence-electron chi connectivity index (χ1n) is 7.91. The maximum atomic E-state index is 12.5. The van der Waals surface area contributed by atoms with Crippen molar-refractivity contribution in [1.82, 2.24) is 9.80 Å². The number of aryl methyl sites for hydroxylation is 1. The summed E-state index contributed by atoms with van der Waals surface area (Å²) >= 11 is 0. The van der Waals surface area contributed by atoms with Crippen LogP contribution in [0.1, 0.15) is 24.0 Å². The van der Waals surface area contributed by atoms with E-state index < -0.39 is 15.7 Å². The van der Waals surface area contributed by atoms with Gasteiger partial charge in [0.2, 0.25) is 11.8 Å². The molecule has 1 aromatic rings. The Hall–Kier alpha value is -1.69. The van der Waals surface area contributed by atoms with Crippen molar-refractivity contribution in [3.8, 4) is 0 Å². The largest absolute Gasteiger partial charge is 0.342 e. The molecule has 2 aliphatic rings. The van der Waals surface area contributed by atoms with Crippen LogP contribution in [0.3, 0.4) is 0 Å². The molecule has 2 fully saturated rings. The number of hydrogen-bond donors (Lipinski definition) is 0. The first kappa shape index (κ1) is 16.2. The lowest BCUT2D eigenvalue weighted by Gasteiger charge is -2.42. The maximum Gasteiger partial charge on any atom is 0.236 e. The molecule has 0 saturated carbocycles. The minimum Gasteiger partial charge on any atom is -0.342 e. The predicted octanol–water partition coefficient (Wildman–Crippen LogP) is 1.08. The smallest absolute Gasteiger partial charge is 0.236 e. The number of carbonyl (C=O) groups excluding carboxylic acids is 2. The van der Waals surface area contributed by atoms with Crippen LogP contribution < -0.4 is 0 Å². The molecule has 0 bridgehead atoms. The molecule has 3 rings (SSSR count). The lowest BCUT2D eigenvalue weighted by molar-refractivity contribution is -0.134. The van der Waals surface area contributed by atoms with E-state index in [1.165, 1.54) is 0 Å². The summed E-state index contributed by atoms with van der Waals surface area (Å²) in [5, 5.41) is 0. The van der Waals surface area contributed by atoms with Gasteiger partial charge in [0.05, 0.1) is 17.2 Å². The minimum absolute atomic E-state index is 0.0529. The van der Waals surface area contributed by atoms with Crippen molar-refractivity contribution in [1.29, 1.82) is 0 Å². The molecule has 2 heterocycles. The highest BCUT2D eigenvalue weighted by molar-refractivity contribution is 7.87. The van der Waals surface area contributed by atoms with E-state index in [0.717, 1.165) is 11.1 Å². The fourth-order valence-corrected chi connectivity index (χ4v) is 5.23. The highest BCUT2D eigenvalue weighted by Gasteiger charge is 2.51. The van der Waals surface area contributed by atoms with Crippen LogP contribution in [0.4, 0.5) is 0 Å². The van der Waals surface area contributed by atoms with Crippen molar-refractivity contribution in [2.75, 3.05) is 25.9 Å². The second-order valence-electron chi connectivity index (χ2n) is 6.44. The predicted molar refractivity (Wildman–Crippen MR) is 89.2 cm³/mol. The van der Waals surface area contributed by atoms with E-state index in [2.05, 4.69) is 0 Å². The van der Waals surface area contributed by atoms with E-state index in [-0.39, 0.29) is 17.6 Å². The van der Waals surface area contributed by atoms with Crippen LogP contribution in [0, 0.1) is 6.92 Å². The highest BCUT2D eigenvalue weighted by Crippen LogP contribution is 2.36. The second-order valence-corrected chi connectivity index (χ2v) is 8.18. The molecule has 5 nitrogen and oxygen atoms in total. The van der Waals surface area contributed by atoms with Crippen molar-refractivity contribution in [3.63, 3.8) is 0 Å². The summed E-state index contributed by atoms with van der Waals surface area (Å²) in [5.74, 6) is 0.166. The fourth-order valence-electron chi connectivity index (χ4n) is 3.50. The molecule has 0 aromatic heterocycles. The van der Waals surface area contributed by atoms with Gasteiger partial charge in [-0.25, -0.2) is 0 Å². The molecular formula is C17H22N2O3S.